The fraction of sp³-hybridized carbons (Fsp3) is 0.933. The third kappa shape index (κ3) is 2.46. The molecule has 0 heterocycles. The van der Waals surface area contributed by atoms with Crippen LogP contribution in [0.15, 0.2) is 11.6 Å². The molecule has 0 aromatic rings. The van der Waals surface area contributed by atoms with Crippen molar-refractivity contribution in [1.29, 1.82) is 0 Å². The Kier molecular flexibility index (Phi) is 4.61. The van der Waals surface area contributed by atoms with Crippen LogP contribution in [0.5, 0.6) is 0 Å². The third-order valence-corrected chi connectivity index (χ3v) is 13.0. The molecule has 170 valence electrons. The van der Waals surface area contributed by atoms with Crippen LogP contribution in [0.25, 0.3) is 0 Å². The van der Waals surface area contributed by atoms with E-state index in [1.165, 1.54) is 64.2 Å². The van der Waals surface area contributed by atoms with E-state index < -0.39 is 0 Å². The molecule has 4 saturated carbocycles. The second-order valence-electron chi connectivity index (χ2n) is 14.6. The van der Waals surface area contributed by atoms with Gasteiger partial charge in [-0.25, -0.2) is 0 Å². The van der Waals surface area contributed by atoms with Crippen LogP contribution in [0.4, 0.5) is 0 Å². The van der Waals surface area contributed by atoms with E-state index in [1.54, 1.807) is 0 Å². The van der Waals surface area contributed by atoms with Crippen LogP contribution in [0.1, 0.15) is 120 Å². The first-order chi connectivity index (χ1) is 13.9. The van der Waals surface area contributed by atoms with E-state index in [9.17, 15) is 0 Å². The van der Waals surface area contributed by atoms with Crippen molar-refractivity contribution < 1.29 is 0 Å². The van der Waals surface area contributed by atoms with Crippen molar-refractivity contribution in [3.63, 3.8) is 0 Å². The molecule has 4 fully saturated rings. The molecule has 0 aromatic heterocycles. The summed E-state index contributed by atoms with van der Waals surface area (Å²) in [6.07, 6.45) is 17.5. The average molecular weight is 411 g/mol. The van der Waals surface area contributed by atoms with Gasteiger partial charge in [-0.1, -0.05) is 73.5 Å². The summed E-state index contributed by atoms with van der Waals surface area (Å²) in [4.78, 5) is 0. The van der Waals surface area contributed by atoms with Crippen LogP contribution in [0, 0.1) is 56.7 Å². The molecule has 5 aliphatic rings. The largest absolute Gasteiger partial charge is 0.0839 e. The Balaban J connectivity index is 1.56. The number of fused-ring (bicyclic) bond motifs is 7. The van der Waals surface area contributed by atoms with Gasteiger partial charge in [-0.2, -0.15) is 0 Å². The summed E-state index contributed by atoms with van der Waals surface area (Å²) in [7, 11) is 0. The van der Waals surface area contributed by atoms with Gasteiger partial charge in [-0.3, -0.25) is 0 Å². The van der Waals surface area contributed by atoms with Gasteiger partial charge in [0.25, 0.3) is 0 Å². The van der Waals surface area contributed by atoms with E-state index in [0.29, 0.717) is 27.1 Å². The lowest BCUT2D eigenvalue weighted by Gasteiger charge is -2.72. The zero-order valence-corrected chi connectivity index (χ0v) is 21.5. The highest BCUT2D eigenvalue weighted by Crippen LogP contribution is 2.77. The number of allylic oxidation sites excluding steroid dienone is 2. The fourth-order valence-electron chi connectivity index (χ4n) is 11.4. The van der Waals surface area contributed by atoms with Crippen LogP contribution in [-0.4, -0.2) is 0 Å². The van der Waals surface area contributed by atoms with Crippen LogP contribution in [-0.2, 0) is 0 Å². The Morgan fingerprint density at radius 2 is 1.43 bits per heavy atom. The summed E-state index contributed by atoms with van der Waals surface area (Å²) in [6, 6.07) is 0. The van der Waals surface area contributed by atoms with Gasteiger partial charge in [0.2, 0.25) is 0 Å². The molecular weight excluding hydrogens is 360 g/mol. The zero-order chi connectivity index (χ0) is 21.7. The molecule has 30 heavy (non-hydrogen) atoms. The molecule has 0 bridgehead atoms. The molecule has 5 aliphatic carbocycles. The molecule has 0 aromatic carbocycles. The highest BCUT2D eigenvalue weighted by molar-refractivity contribution is 5.32. The molecule has 0 amide bonds. The van der Waals surface area contributed by atoms with E-state index in [2.05, 4.69) is 61.5 Å². The summed E-state index contributed by atoms with van der Waals surface area (Å²) < 4.78 is 0. The Morgan fingerprint density at radius 1 is 0.733 bits per heavy atom. The van der Waals surface area contributed by atoms with Crippen molar-refractivity contribution in [1.82, 2.24) is 0 Å². The smallest absolute Gasteiger partial charge is 0.00796 e. The highest BCUT2D eigenvalue weighted by atomic mass is 14.7. The van der Waals surface area contributed by atoms with Crippen LogP contribution in [0.3, 0.4) is 0 Å². The standard InChI is InChI=1S/C30H50/c1-20(2)21-12-17-27(5)22(21)13-18-29(7)24(27)10-11-25-28(6)16-9-15-26(3,4)23(28)14-19-30(25,29)8/h13,20-21,23-25H,9-12,14-19H2,1-8H3/t21-,23+,24-,25-,27+,28+,29-,30-/m1/s1. The molecule has 0 nitrogen and oxygen atoms in total. The minimum Gasteiger partial charge on any atom is -0.0839 e. The minimum absolute atomic E-state index is 0.486. The van der Waals surface area contributed by atoms with Gasteiger partial charge >= 0.3 is 0 Å². The van der Waals surface area contributed by atoms with Crippen LogP contribution in [0.2, 0.25) is 0 Å². The van der Waals surface area contributed by atoms with E-state index in [-0.39, 0.29) is 0 Å². The van der Waals surface area contributed by atoms with Crippen molar-refractivity contribution in [3.05, 3.63) is 11.6 Å². The lowest BCUT2D eigenvalue weighted by atomic mass is 9.33. The molecule has 0 saturated heterocycles. The summed E-state index contributed by atoms with van der Waals surface area (Å²) in [6.45, 7) is 21.1. The van der Waals surface area contributed by atoms with Gasteiger partial charge in [0, 0.05) is 0 Å². The molecule has 0 aliphatic heterocycles. The Bertz CT molecular complexity index is 741. The SMILES string of the molecule is CC(C)[C@H]1CC[C@@]2(C)C1=CC[C@]1(C)[C@@H]2CC[C@@H]2[C@@]3(C)CCCC(C)(C)[C@@H]3CC[C@]21C. The Hall–Kier alpha value is -0.260. The van der Waals surface area contributed by atoms with E-state index in [4.69, 9.17) is 0 Å². The first-order valence-corrected chi connectivity index (χ1v) is 13.6. The van der Waals surface area contributed by atoms with Crippen LogP contribution < -0.4 is 0 Å². The van der Waals surface area contributed by atoms with Gasteiger partial charge in [0.05, 0.1) is 0 Å². The molecule has 0 unspecified atom stereocenters. The van der Waals surface area contributed by atoms with Gasteiger partial charge in [-0.15, -0.1) is 0 Å². The molecule has 0 N–H and O–H groups in total. The fourth-order valence-corrected chi connectivity index (χ4v) is 11.4. The Morgan fingerprint density at radius 3 is 2.13 bits per heavy atom. The molecular formula is C30H50. The van der Waals surface area contributed by atoms with E-state index in [1.807, 2.05) is 5.57 Å². The summed E-state index contributed by atoms with van der Waals surface area (Å²) in [5.74, 6) is 4.46. The van der Waals surface area contributed by atoms with Crippen molar-refractivity contribution in [3.8, 4) is 0 Å². The predicted octanol–water partition coefficient (Wildman–Crippen LogP) is 9.05. The topological polar surface area (TPSA) is 0 Å². The van der Waals surface area contributed by atoms with E-state index >= 15 is 0 Å². The predicted molar refractivity (Wildman–Crippen MR) is 129 cm³/mol. The number of hydrogen-bond donors (Lipinski definition) is 0. The van der Waals surface area contributed by atoms with E-state index in [0.717, 1.165) is 29.6 Å². The first kappa shape index (κ1) is 21.6. The summed E-state index contributed by atoms with van der Waals surface area (Å²) >= 11 is 0. The third-order valence-electron chi connectivity index (χ3n) is 13.0. The molecule has 8 atom stereocenters. The van der Waals surface area contributed by atoms with Gasteiger partial charge in [-0.05, 0) is 114 Å². The van der Waals surface area contributed by atoms with Crippen molar-refractivity contribution in [2.45, 2.75) is 120 Å². The monoisotopic (exact) mass is 410 g/mol. The molecule has 5 rings (SSSR count). The maximum Gasteiger partial charge on any atom is -0.00796 e. The molecule has 0 spiro atoms. The second kappa shape index (κ2) is 6.41. The quantitative estimate of drug-likeness (QED) is 0.378. The lowest BCUT2D eigenvalue weighted by Crippen LogP contribution is -2.64. The average Bonchev–Trinajstić information content (AvgIpc) is 2.99. The van der Waals surface area contributed by atoms with Crippen LogP contribution >= 0.6 is 0 Å². The molecule has 0 radical (unpaired) electrons. The van der Waals surface area contributed by atoms with Gasteiger partial charge < -0.3 is 0 Å². The van der Waals surface area contributed by atoms with Crippen molar-refractivity contribution >= 4 is 0 Å². The van der Waals surface area contributed by atoms with Crippen molar-refractivity contribution in [2.24, 2.45) is 56.7 Å². The normalized spacial score (nSPS) is 54.6. The lowest BCUT2D eigenvalue weighted by molar-refractivity contribution is -0.220. The van der Waals surface area contributed by atoms with Crippen molar-refractivity contribution in [2.75, 3.05) is 0 Å². The maximum atomic E-state index is 2.81. The first-order valence-electron chi connectivity index (χ1n) is 13.6. The minimum atomic E-state index is 0.486. The summed E-state index contributed by atoms with van der Waals surface area (Å²) in [5.41, 5.74) is 4.52. The zero-order valence-electron chi connectivity index (χ0n) is 21.5. The maximum absolute atomic E-state index is 2.81. The van der Waals surface area contributed by atoms with Gasteiger partial charge in [0.1, 0.15) is 0 Å². The molecule has 0 heteroatoms. The summed E-state index contributed by atoms with van der Waals surface area (Å²) in [5, 5.41) is 0. The number of hydrogen-bond acceptors (Lipinski definition) is 0. The number of rotatable bonds is 1. The Labute approximate surface area is 188 Å². The second-order valence-corrected chi connectivity index (χ2v) is 14.6. The highest BCUT2D eigenvalue weighted by Gasteiger charge is 2.68. The van der Waals surface area contributed by atoms with Gasteiger partial charge in [0.15, 0.2) is 0 Å².